The van der Waals surface area contributed by atoms with E-state index in [-0.39, 0.29) is 6.04 Å². The first-order valence-corrected chi connectivity index (χ1v) is 6.01. The minimum atomic E-state index is -0.698. The Kier molecular flexibility index (Phi) is 4.14. The van der Waals surface area contributed by atoms with Crippen molar-refractivity contribution in [3.63, 3.8) is 0 Å². The molecule has 1 fully saturated rings. The maximum absolute atomic E-state index is 10.8. The van der Waals surface area contributed by atoms with E-state index in [1.165, 1.54) is 25.7 Å². The van der Waals surface area contributed by atoms with Crippen LogP contribution in [0.4, 0.5) is 0 Å². The summed E-state index contributed by atoms with van der Waals surface area (Å²) in [6.45, 7) is 8.15. The van der Waals surface area contributed by atoms with Crippen LogP contribution < -0.4 is 0 Å². The van der Waals surface area contributed by atoms with E-state index in [1.807, 2.05) is 0 Å². The zero-order chi connectivity index (χ0) is 11.5. The molecular formula is C12H23NO2. The minimum Gasteiger partial charge on any atom is -0.480 e. The lowest BCUT2D eigenvalue weighted by molar-refractivity contribution is -0.149. The zero-order valence-corrected chi connectivity index (χ0v) is 10.1. The molecule has 88 valence electrons. The monoisotopic (exact) mass is 213 g/mol. The van der Waals surface area contributed by atoms with Gasteiger partial charge in [-0.15, -0.1) is 0 Å². The molecule has 1 heterocycles. The first-order valence-electron chi connectivity index (χ1n) is 6.01. The Morgan fingerprint density at radius 2 is 1.80 bits per heavy atom. The highest BCUT2D eigenvalue weighted by atomic mass is 16.4. The van der Waals surface area contributed by atoms with Crippen LogP contribution in [0.25, 0.3) is 0 Å². The zero-order valence-electron chi connectivity index (χ0n) is 10.1. The van der Waals surface area contributed by atoms with Crippen molar-refractivity contribution in [3.05, 3.63) is 0 Å². The fourth-order valence-corrected chi connectivity index (χ4v) is 2.75. The van der Waals surface area contributed by atoms with Gasteiger partial charge in [-0.2, -0.15) is 0 Å². The van der Waals surface area contributed by atoms with Crippen LogP contribution in [0.2, 0.25) is 0 Å². The molecule has 0 amide bonds. The summed E-state index contributed by atoms with van der Waals surface area (Å²) in [7, 11) is 0. The summed E-state index contributed by atoms with van der Waals surface area (Å²) >= 11 is 0. The van der Waals surface area contributed by atoms with Gasteiger partial charge >= 0.3 is 5.97 Å². The smallest absolute Gasteiger partial charge is 0.320 e. The molecule has 0 spiro atoms. The SMILES string of the molecule is CCCC1(CCC)CN(C(C)C(=O)O)C1. The number of hydrogen-bond donors (Lipinski definition) is 1. The molecule has 1 unspecified atom stereocenters. The Bertz CT molecular complexity index is 214. The predicted molar refractivity (Wildman–Crippen MR) is 60.9 cm³/mol. The number of hydrogen-bond acceptors (Lipinski definition) is 2. The van der Waals surface area contributed by atoms with Crippen molar-refractivity contribution < 1.29 is 9.90 Å². The van der Waals surface area contributed by atoms with E-state index in [0.717, 1.165) is 13.1 Å². The molecule has 1 N–H and O–H groups in total. The van der Waals surface area contributed by atoms with Crippen LogP contribution in [0.1, 0.15) is 46.5 Å². The van der Waals surface area contributed by atoms with Crippen LogP contribution in [0, 0.1) is 5.41 Å². The van der Waals surface area contributed by atoms with Gasteiger partial charge in [0.2, 0.25) is 0 Å². The first kappa shape index (κ1) is 12.5. The third-order valence-corrected chi connectivity index (χ3v) is 3.54. The summed E-state index contributed by atoms with van der Waals surface area (Å²) in [5, 5.41) is 8.91. The second-order valence-corrected chi connectivity index (χ2v) is 4.92. The van der Waals surface area contributed by atoms with E-state index < -0.39 is 5.97 Å². The molecule has 0 aromatic rings. The van der Waals surface area contributed by atoms with Gasteiger partial charge in [-0.3, -0.25) is 9.69 Å². The normalized spacial score (nSPS) is 22.1. The maximum Gasteiger partial charge on any atom is 0.320 e. The second-order valence-electron chi connectivity index (χ2n) is 4.92. The Morgan fingerprint density at radius 1 is 1.33 bits per heavy atom. The van der Waals surface area contributed by atoms with Crippen LogP contribution in [0.15, 0.2) is 0 Å². The van der Waals surface area contributed by atoms with Crippen molar-refractivity contribution >= 4 is 5.97 Å². The summed E-state index contributed by atoms with van der Waals surface area (Å²) in [5.41, 5.74) is 0.424. The topological polar surface area (TPSA) is 40.5 Å². The number of nitrogens with zero attached hydrogens (tertiary/aromatic N) is 1. The van der Waals surface area contributed by atoms with Gasteiger partial charge in [0.25, 0.3) is 0 Å². The Balaban J connectivity index is 2.46. The van der Waals surface area contributed by atoms with Crippen molar-refractivity contribution in [2.75, 3.05) is 13.1 Å². The predicted octanol–water partition coefficient (Wildman–Crippen LogP) is 2.36. The van der Waals surface area contributed by atoms with Crippen molar-refractivity contribution in [3.8, 4) is 0 Å². The van der Waals surface area contributed by atoms with E-state index >= 15 is 0 Å². The average Bonchev–Trinajstić information content (AvgIpc) is 2.12. The Morgan fingerprint density at radius 3 is 2.13 bits per heavy atom. The van der Waals surface area contributed by atoms with Crippen molar-refractivity contribution in [1.29, 1.82) is 0 Å². The van der Waals surface area contributed by atoms with Gasteiger partial charge in [0, 0.05) is 13.1 Å². The minimum absolute atomic E-state index is 0.313. The molecule has 0 aromatic carbocycles. The van der Waals surface area contributed by atoms with Crippen molar-refractivity contribution in [1.82, 2.24) is 4.90 Å². The highest BCUT2D eigenvalue weighted by Crippen LogP contribution is 2.40. The molecule has 15 heavy (non-hydrogen) atoms. The number of likely N-dealkylation sites (tertiary alicyclic amines) is 1. The molecule has 1 atom stereocenters. The second kappa shape index (κ2) is 4.97. The number of carboxylic acid groups (broad SMARTS) is 1. The molecule has 0 bridgehead atoms. The molecule has 0 aromatic heterocycles. The number of carbonyl (C=O) groups is 1. The van der Waals surface area contributed by atoms with Crippen LogP contribution in [-0.4, -0.2) is 35.1 Å². The van der Waals surface area contributed by atoms with Crippen LogP contribution in [0.5, 0.6) is 0 Å². The molecule has 0 aliphatic carbocycles. The van der Waals surface area contributed by atoms with E-state index in [4.69, 9.17) is 5.11 Å². The van der Waals surface area contributed by atoms with E-state index in [0.29, 0.717) is 5.41 Å². The largest absolute Gasteiger partial charge is 0.480 e. The van der Waals surface area contributed by atoms with Gasteiger partial charge < -0.3 is 5.11 Å². The number of rotatable bonds is 6. The maximum atomic E-state index is 10.8. The molecule has 1 saturated heterocycles. The lowest BCUT2D eigenvalue weighted by Crippen LogP contribution is -2.60. The van der Waals surface area contributed by atoms with Gasteiger partial charge in [-0.1, -0.05) is 26.7 Å². The standard InChI is InChI=1S/C12H23NO2/c1-4-6-12(7-5-2)8-13(9-12)10(3)11(14)15/h10H,4-9H2,1-3H3,(H,14,15). The molecule has 3 heteroatoms. The summed E-state index contributed by atoms with van der Waals surface area (Å²) in [6.07, 6.45) is 4.89. The van der Waals surface area contributed by atoms with Gasteiger partial charge in [-0.05, 0) is 25.2 Å². The van der Waals surface area contributed by atoms with E-state index in [9.17, 15) is 4.79 Å². The third kappa shape index (κ3) is 2.71. The van der Waals surface area contributed by atoms with Gasteiger partial charge in [0.15, 0.2) is 0 Å². The fraction of sp³-hybridized carbons (Fsp3) is 0.917. The lowest BCUT2D eigenvalue weighted by atomic mass is 9.72. The Hall–Kier alpha value is -0.570. The third-order valence-electron chi connectivity index (χ3n) is 3.54. The van der Waals surface area contributed by atoms with Crippen LogP contribution in [0.3, 0.4) is 0 Å². The molecular weight excluding hydrogens is 190 g/mol. The summed E-state index contributed by atoms with van der Waals surface area (Å²) < 4.78 is 0. The average molecular weight is 213 g/mol. The molecule has 1 rings (SSSR count). The van der Waals surface area contributed by atoms with E-state index in [1.54, 1.807) is 6.92 Å². The van der Waals surface area contributed by atoms with Crippen molar-refractivity contribution in [2.45, 2.75) is 52.5 Å². The number of carboxylic acids is 1. The first-order chi connectivity index (χ1) is 7.04. The van der Waals surface area contributed by atoms with Crippen LogP contribution in [-0.2, 0) is 4.79 Å². The molecule has 0 radical (unpaired) electrons. The van der Waals surface area contributed by atoms with Crippen LogP contribution >= 0.6 is 0 Å². The highest BCUT2D eigenvalue weighted by molar-refractivity contribution is 5.73. The molecule has 0 saturated carbocycles. The summed E-state index contributed by atoms with van der Waals surface area (Å²) in [5.74, 6) is -0.698. The van der Waals surface area contributed by atoms with Gasteiger partial charge in [0.05, 0.1) is 0 Å². The summed E-state index contributed by atoms with van der Waals surface area (Å²) in [4.78, 5) is 12.9. The van der Waals surface area contributed by atoms with Crippen molar-refractivity contribution in [2.24, 2.45) is 5.41 Å². The summed E-state index contributed by atoms with van der Waals surface area (Å²) in [6, 6.07) is -0.313. The quantitative estimate of drug-likeness (QED) is 0.736. The Labute approximate surface area is 92.5 Å². The molecule has 1 aliphatic rings. The number of aliphatic carboxylic acids is 1. The fourth-order valence-electron chi connectivity index (χ4n) is 2.75. The lowest BCUT2D eigenvalue weighted by Gasteiger charge is -2.52. The van der Waals surface area contributed by atoms with Gasteiger partial charge in [-0.25, -0.2) is 0 Å². The highest BCUT2D eigenvalue weighted by Gasteiger charge is 2.44. The van der Waals surface area contributed by atoms with Gasteiger partial charge in [0.1, 0.15) is 6.04 Å². The molecule has 1 aliphatic heterocycles. The van der Waals surface area contributed by atoms with E-state index in [2.05, 4.69) is 18.7 Å². The molecule has 3 nitrogen and oxygen atoms in total.